The van der Waals surface area contributed by atoms with Crippen molar-refractivity contribution in [2.75, 3.05) is 0 Å². The minimum absolute atomic E-state index is 0.0991. The lowest BCUT2D eigenvalue weighted by Crippen LogP contribution is -2.42. The second-order valence-electron chi connectivity index (χ2n) is 5.33. The maximum atomic E-state index is 9.67. The average Bonchev–Trinajstić information content (AvgIpc) is 1.99. The predicted octanol–water partition coefficient (Wildman–Crippen LogP) is 3.14. The van der Waals surface area contributed by atoms with E-state index in [1.807, 2.05) is 6.08 Å². The van der Waals surface area contributed by atoms with Gasteiger partial charge < -0.3 is 5.11 Å². The summed E-state index contributed by atoms with van der Waals surface area (Å²) in [5.74, 6) is 0. The van der Waals surface area contributed by atoms with E-state index in [1.165, 1.54) is 0 Å². The van der Waals surface area contributed by atoms with E-state index < -0.39 is 0 Å². The Hall–Kier alpha value is -0.300. The van der Waals surface area contributed by atoms with Crippen LogP contribution in [-0.4, -0.2) is 11.2 Å². The van der Waals surface area contributed by atoms with Crippen molar-refractivity contribution in [3.8, 4) is 0 Å². The molecule has 0 aromatic heterocycles. The van der Waals surface area contributed by atoms with E-state index >= 15 is 0 Å². The largest absolute Gasteiger partial charge is 0.393 e. The van der Waals surface area contributed by atoms with Gasteiger partial charge in [-0.3, -0.25) is 0 Å². The third-order valence-corrected chi connectivity index (χ3v) is 4.02. The average molecular weight is 182 g/mol. The van der Waals surface area contributed by atoms with Crippen molar-refractivity contribution in [3.05, 3.63) is 12.7 Å². The van der Waals surface area contributed by atoms with Gasteiger partial charge >= 0.3 is 0 Å². The molecule has 1 heteroatoms. The van der Waals surface area contributed by atoms with Gasteiger partial charge in [-0.25, -0.2) is 0 Å². The molecule has 0 aromatic rings. The van der Waals surface area contributed by atoms with Gasteiger partial charge in [0.05, 0.1) is 6.10 Å². The zero-order chi connectivity index (χ0) is 10.1. The van der Waals surface area contributed by atoms with Crippen molar-refractivity contribution in [2.24, 2.45) is 10.8 Å². The monoisotopic (exact) mass is 182 g/mol. The Balaban J connectivity index is 2.81. The zero-order valence-electron chi connectivity index (χ0n) is 9.14. The van der Waals surface area contributed by atoms with Gasteiger partial charge in [0.15, 0.2) is 0 Å². The lowest BCUT2D eigenvalue weighted by atomic mass is 9.57. The number of aliphatic hydroxyl groups excluding tert-OH is 1. The fraction of sp³-hybridized carbons (Fsp3) is 0.833. The predicted molar refractivity (Wildman–Crippen MR) is 56.6 cm³/mol. The molecule has 0 aromatic carbocycles. The summed E-state index contributed by atoms with van der Waals surface area (Å²) in [6.45, 7) is 10.7. The first-order valence-electron chi connectivity index (χ1n) is 5.20. The Labute approximate surface area is 81.9 Å². The van der Waals surface area contributed by atoms with Crippen molar-refractivity contribution in [2.45, 2.75) is 52.6 Å². The Bertz CT molecular complexity index is 195. The summed E-state index contributed by atoms with van der Waals surface area (Å²) < 4.78 is 0. The third-order valence-electron chi connectivity index (χ3n) is 4.02. The maximum absolute atomic E-state index is 9.67. The summed E-state index contributed by atoms with van der Waals surface area (Å²) in [6, 6.07) is 0. The molecule has 1 aliphatic carbocycles. The summed E-state index contributed by atoms with van der Waals surface area (Å²) in [5, 5.41) is 9.67. The SMILES string of the molecule is C=CC[C@]1(C)C[C@@H](O)CCC1(C)C. The van der Waals surface area contributed by atoms with Crippen LogP contribution in [0.15, 0.2) is 12.7 Å². The Morgan fingerprint density at radius 1 is 1.46 bits per heavy atom. The maximum Gasteiger partial charge on any atom is 0.0546 e. The molecule has 0 aliphatic heterocycles. The van der Waals surface area contributed by atoms with Crippen molar-refractivity contribution in [3.63, 3.8) is 0 Å². The van der Waals surface area contributed by atoms with Gasteiger partial charge in [-0.05, 0) is 36.5 Å². The summed E-state index contributed by atoms with van der Waals surface area (Å²) in [6.07, 6.45) is 5.90. The number of aliphatic hydroxyl groups is 1. The van der Waals surface area contributed by atoms with E-state index in [9.17, 15) is 5.11 Å². The van der Waals surface area contributed by atoms with Crippen LogP contribution in [0.2, 0.25) is 0 Å². The van der Waals surface area contributed by atoms with E-state index in [4.69, 9.17) is 0 Å². The lowest BCUT2D eigenvalue weighted by molar-refractivity contribution is -0.0350. The fourth-order valence-corrected chi connectivity index (χ4v) is 2.41. The first kappa shape index (κ1) is 10.8. The number of rotatable bonds is 2. The van der Waals surface area contributed by atoms with Crippen LogP contribution in [0.1, 0.15) is 46.5 Å². The van der Waals surface area contributed by atoms with Crippen LogP contribution in [0.3, 0.4) is 0 Å². The Morgan fingerprint density at radius 2 is 2.08 bits per heavy atom. The molecule has 1 nitrogen and oxygen atoms in total. The van der Waals surface area contributed by atoms with Crippen molar-refractivity contribution in [1.82, 2.24) is 0 Å². The minimum Gasteiger partial charge on any atom is -0.393 e. The van der Waals surface area contributed by atoms with Gasteiger partial charge in [0.2, 0.25) is 0 Å². The van der Waals surface area contributed by atoms with Crippen molar-refractivity contribution >= 4 is 0 Å². The van der Waals surface area contributed by atoms with Crippen molar-refractivity contribution in [1.29, 1.82) is 0 Å². The van der Waals surface area contributed by atoms with Crippen LogP contribution in [0.25, 0.3) is 0 Å². The van der Waals surface area contributed by atoms with E-state index in [1.54, 1.807) is 0 Å². The van der Waals surface area contributed by atoms with Gasteiger partial charge in [-0.2, -0.15) is 0 Å². The van der Waals surface area contributed by atoms with Crippen molar-refractivity contribution < 1.29 is 5.11 Å². The van der Waals surface area contributed by atoms with E-state index in [-0.39, 0.29) is 11.5 Å². The standard InChI is InChI=1S/C12H22O/c1-5-7-12(4)9-10(13)6-8-11(12,2)3/h5,10,13H,1,6-9H2,2-4H3/t10-,12+/m0/s1. The number of hydrogen-bond acceptors (Lipinski definition) is 1. The van der Waals surface area contributed by atoms with Gasteiger partial charge in [-0.1, -0.05) is 26.8 Å². The topological polar surface area (TPSA) is 20.2 Å². The van der Waals surface area contributed by atoms with Gasteiger partial charge in [0.25, 0.3) is 0 Å². The zero-order valence-corrected chi connectivity index (χ0v) is 9.14. The van der Waals surface area contributed by atoms with Crippen LogP contribution in [0.4, 0.5) is 0 Å². The minimum atomic E-state index is -0.0991. The first-order chi connectivity index (χ1) is 5.91. The normalized spacial score (nSPS) is 38.6. The van der Waals surface area contributed by atoms with Gasteiger partial charge in [-0.15, -0.1) is 6.58 Å². The molecule has 1 rings (SSSR count). The second kappa shape index (κ2) is 3.45. The summed E-state index contributed by atoms with van der Waals surface area (Å²) >= 11 is 0. The molecule has 1 aliphatic rings. The first-order valence-corrected chi connectivity index (χ1v) is 5.20. The summed E-state index contributed by atoms with van der Waals surface area (Å²) in [7, 11) is 0. The molecule has 0 unspecified atom stereocenters. The molecule has 1 fully saturated rings. The summed E-state index contributed by atoms with van der Waals surface area (Å²) in [5.41, 5.74) is 0.562. The van der Waals surface area contributed by atoms with Crippen LogP contribution in [0.5, 0.6) is 0 Å². The Kier molecular flexibility index (Phi) is 2.86. The van der Waals surface area contributed by atoms with E-state index in [0.717, 1.165) is 25.7 Å². The summed E-state index contributed by atoms with van der Waals surface area (Å²) in [4.78, 5) is 0. The molecule has 76 valence electrons. The molecule has 0 amide bonds. The highest BCUT2D eigenvalue weighted by Gasteiger charge is 2.44. The van der Waals surface area contributed by atoms with E-state index in [2.05, 4.69) is 27.4 Å². The highest BCUT2D eigenvalue weighted by molar-refractivity contribution is 4.98. The number of allylic oxidation sites excluding steroid dienone is 1. The second-order valence-corrected chi connectivity index (χ2v) is 5.33. The Morgan fingerprint density at radius 3 is 2.62 bits per heavy atom. The van der Waals surface area contributed by atoms with E-state index in [0.29, 0.717) is 5.41 Å². The fourth-order valence-electron chi connectivity index (χ4n) is 2.41. The van der Waals surface area contributed by atoms with Crippen LogP contribution >= 0.6 is 0 Å². The number of hydrogen-bond donors (Lipinski definition) is 1. The highest BCUT2D eigenvalue weighted by atomic mass is 16.3. The molecule has 0 radical (unpaired) electrons. The smallest absolute Gasteiger partial charge is 0.0546 e. The van der Waals surface area contributed by atoms with Gasteiger partial charge in [0, 0.05) is 0 Å². The molecule has 1 N–H and O–H groups in total. The van der Waals surface area contributed by atoms with Gasteiger partial charge in [0.1, 0.15) is 0 Å². The molecule has 13 heavy (non-hydrogen) atoms. The molecular weight excluding hydrogens is 160 g/mol. The molecule has 0 saturated heterocycles. The molecular formula is C12H22O. The molecule has 0 heterocycles. The third kappa shape index (κ3) is 1.96. The molecule has 0 spiro atoms. The van der Waals surface area contributed by atoms with Crippen LogP contribution < -0.4 is 0 Å². The quantitative estimate of drug-likeness (QED) is 0.650. The lowest BCUT2D eigenvalue weighted by Gasteiger charge is -2.49. The van der Waals surface area contributed by atoms with Crippen LogP contribution in [-0.2, 0) is 0 Å². The molecule has 2 atom stereocenters. The molecule has 0 bridgehead atoms. The highest BCUT2D eigenvalue weighted by Crippen LogP contribution is 2.52. The molecule has 1 saturated carbocycles. The van der Waals surface area contributed by atoms with Crippen LogP contribution in [0, 0.1) is 10.8 Å².